The SMILES string of the molecule is O=C(CN1C(=O)S/C(=C/c2ccc3c(c2)OCO3)C1=O)N[C@@H]1CSC[C@@H]1O. The summed E-state index contributed by atoms with van der Waals surface area (Å²) in [5.41, 5.74) is 0.695. The molecule has 10 heteroatoms. The summed E-state index contributed by atoms with van der Waals surface area (Å²) in [5.74, 6) is 1.40. The normalized spacial score (nSPS) is 25.5. The van der Waals surface area contributed by atoms with E-state index in [2.05, 4.69) is 5.32 Å². The van der Waals surface area contributed by atoms with Crippen molar-refractivity contribution >= 4 is 46.7 Å². The molecule has 2 N–H and O–H groups in total. The number of fused-ring (bicyclic) bond motifs is 1. The molecule has 0 radical (unpaired) electrons. The largest absolute Gasteiger partial charge is 0.454 e. The van der Waals surface area contributed by atoms with Gasteiger partial charge in [0.2, 0.25) is 12.7 Å². The number of ether oxygens (including phenoxy) is 2. The Morgan fingerprint density at radius 3 is 2.89 bits per heavy atom. The number of thioether (sulfide) groups is 2. The van der Waals surface area contributed by atoms with E-state index in [0.717, 1.165) is 16.7 Å². The molecule has 0 saturated carbocycles. The molecule has 2 fully saturated rings. The molecule has 3 heterocycles. The molecule has 0 aliphatic carbocycles. The van der Waals surface area contributed by atoms with Crippen LogP contribution in [0.5, 0.6) is 11.5 Å². The second-order valence-electron chi connectivity index (χ2n) is 6.16. The van der Waals surface area contributed by atoms with Crippen molar-refractivity contribution in [1.29, 1.82) is 0 Å². The van der Waals surface area contributed by atoms with Gasteiger partial charge in [0.1, 0.15) is 6.54 Å². The van der Waals surface area contributed by atoms with Gasteiger partial charge in [-0.25, -0.2) is 0 Å². The third-order valence-electron chi connectivity index (χ3n) is 4.27. The summed E-state index contributed by atoms with van der Waals surface area (Å²) in [4.78, 5) is 38.0. The lowest BCUT2D eigenvalue weighted by atomic mass is 10.2. The predicted molar refractivity (Wildman–Crippen MR) is 101 cm³/mol. The van der Waals surface area contributed by atoms with E-state index in [1.807, 2.05) is 0 Å². The molecular formula is C17H16N2O6S2. The molecule has 1 aromatic carbocycles. The lowest BCUT2D eigenvalue weighted by molar-refractivity contribution is -0.129. The second kappa shape index (κ2) is 7.45. The molecule has 0 bridgehead atoms. The fraction of sp³-hybridized carbons (Fsp3) is 0.353. The average Bonchev–Trinajstić information content (AvgIpc) is 3.32. The van der Waals surface area contributed by atoms with Gasteiger partial charge in [-0.2, -0.15) is 11.8 Å². The van der Waals surface area contributed by atoms with Gasteiger partial charge in [-0.05, 0) is 35.5 Å². The number of carbonyl (C=O) groups is 3. The van der Waals surface area contributed by atoms with Gasteiger partial charge >= 0.3 is 0 Å². The molecule has 2 atom stereocenters. The zero-order valence-corrected chi connectivity index (χ0v) is 15.7. The van der Waals surface area contributed by atoms with Crippen molar-refractivity contribution in [3.05, 3.63) is 28.7 Å². The summed E-state index contributed by atoms with van der Waals surface area (Å²) >= 11 is 2.33. The number of rotatable bonds is 4. The number of hydrogen-bond acceptors (Lipinski definition) is 8. The van der Waals surface area contributed by atoms with E-state index in [1.165, 1.54) is 0 Å². The smallest absolute Gasteiger partial charge is 0.294 e. The van der Waals surface area contributed by atoms with Crippen LogP contribution in [0.25, 0.3) is 6.08 Å². The lowest BCUT2D eigenvalue weighted by Crippen LogP contribution is -2.47. The second-order valence-corrected chi connectivity index (χ2v) is 8.23. The van der Waals surface area contributed by atoms with Crippen LogP contribution in [0.1, 0.15) is 5.56 Å². The molecule has 3 aliphatic heterocycles. The van der Waals surface area contributed by atoms with E-state index in [-0.39, 0.29) is 24.3 Å². The van der Waals surface area contributed by atoms with Gasteiger partial charge in [0.05, 0.1) is 17.1 Å². The molecule has 142 valence electrons. The van der Waals surface area contributed by atoms with Gasteiger partial charge in [-0.3, -0.25) is 19.3 Å². The number of nitrogens with zero attached hydrogens (tertiary/aromatic N) is 1. The maximum Gasteiger partial charge on any atom is 0.294 e. The van der Waals surface area contributed by atoms with E-state index in [0.29, 0.717) is 28.6 Å². The summed E-state index contributed by atoms with van der Waals surface area (Å²) in [6, 6.07) is 4.86. The van der Waals surface area contributed by atoms with Gasteiger partial charge in [0.15, 0.2) is 11.5 Å². The first kappa shape index (κ1) is 18.2. The summed E-state index contributed by atoms with van der Waals surface area (Å²) < 4.78 is 10.5. The van der Waals surface area contributed by atoms with Crippen molar-refractivity contribution in [2.24, 2.45) is 0 Å². The first-order valence-electron chi connectivity index (χ1n) is 8.21. The zero-order valence-electron chi connectivity index (χ0n) is 14.0. The fourth-order valence-corrected chi connectivity index (χ4v) is 4.88. The van der Waals surface area contributed by atoms with Gasteiger partial charge in [0, 0.05) is 11.5 Å². The number of benzene rings is 1. The Hall–Kier alpha value is -2.17. The van der Waals surface area contributed by atoms with Crippen LogP contribution in [0.2, 0.25) is 0 Å². The van der Waals surface area contributed by atoms with Crippen LogP contribution in [0.15, 0.2) is 23.1 Å². The van der Waals surface area contributed by atoms with Crippen molar-refractivity contribution in [3.8, 4) is 11.5 Å². The fourth-order valence-electron chi connectivity index (χ4n) is 2.87. The van der Waals surface area contributed by atoms with Crippen LogP contribution < -0.4 is 14.8 Å². The topological polar surface area (TPSA) is 105 Å². The van der Waals surface area contributed by atoms with Gasteiger partial charge in [-0.15, -0.1) is 0 Å². The molecule has 3 aliphatic rings. The van der Waals surface area contributed by atoms with Crippen molar-refractivity contribution in [2.45, 2.75) is 12.1 Å². The van der Waals surface area contributed by atoms with Crippen molar-refractivity contribution < 1.29 is 29.0 Å². The molecule has 1 aromatic rings. The van der Waals surface area contributed by atoms with E-state index in [9.17, 15) is 19.5 Å². The minimum absolute atomic E-state index is 0.151. The van der Waals surface area contributed by atoms with Crippen LogP contribution in [0.3, 0.4) is 0 Å². The van der Waals surface area contributed by atoms with Crippen molar-refractivity contribution in [2.75, 3.05) is 24.8 Å². The molecule has 2 saturated heterocycles. The van der Waals surface area contributed by atoms with E-state index in [1.54, 1.807) is 36.0 Å². The van der Waals surface area contributed by atoms with Crippen molar-refractivity contribution in [1.82, 2.24) is 10.2 Å². The first-order chi connectivity index (χ1) is 13.0. The van der Waals surface area contributed by atoms with Gasteiger partial charge < -0.3 is 19.9 Å². The number of imide groups is 1. The van der Waals surface area contributed by atoms with E-state index >= 15 is 0 Å². The number of hydrogen-bond donors (Lipinski definition) is 2. The molecule has 3 amide bonds. The third kappa shape index (κ3) is 3.78. The molecule has 27 heavy (non-hydrogen) atoms. The maximum atomic E-state index is 12.5. The number of aliphatic hydroxyl groups excluding tert-OH is 1. The first-order valence-corrected chi connectivity index (χ1v) is 10.2. The summed E-state index contributed by atoms with van der Waals surface area (Å²) in [7, 11) is 0. The highest BCUT2D eigenvalue weighted by Crippen LogP contribution is 2.36. The standard InChI is InChI=1S/C17H16N2O6S2/c20-11-7-26-6-10(11)18-15(21)5-19-16(22)14(27-17(19)23)4-9-1-2-12-13(3-9)25-8-24-12/h1-4,10-11,20H,5-8H2,(H,18,21)/b14-4+/t10-,11+/m1/s1. The van der Waals surface area contributed by atoms with E-state index < -0.39 is 23.2 Å². The minimum atomic E-state index is -0.611. The van der Waals surface area contributed by atoms with Crippen LogP contribution in [0, 0.1) is 0 Å². The molecule has 0 unspecified atom stereocenters. The molecule has 0 spiro atoms. The number of amides is 3. The van der Waals surface area contributed by atoms with Crippen LogP contribution in [-0.4, -0.2) is 64.0 Å². The molecule has 4 rings (SSSR count). The van der Waals surface area contributed by atoms with Gasteiger partial charge in [-0.1, -0.05) is 6.07 Å². The Labute approximate surface area is 163 Å². The molecule has 8 nitrogen and oxygen atoms in total. The van der Waals surface area contributed by atoms with Crippen molar-refractivity contribution in [3.63, 3.8) is 0 Å². The number of nitrogens with one attached hydrogen (secondary N) is 1. The highest BCUT2D eigenvalue weighted by Gasteiger charge is 2.37. The molecule has 0 aromatic heterocycles. The van der Waals surface area contributed by atoms with E-state index in [4.69, 9.17) is 9.47 Å². The maximum absolute atomic E-state index is 12.5. The van der Waals surface area contributed by atoms with Crippen LogP contribution in [-0.2, 0) is 9.59 Å². The van der Waals surface area contributed by atoms with Crippen LogP contribution >= 0.6 is 23.5 Å². The zero-order chi connectivity index (χ0) is 19.0. The highest BCUT2D eigenvalue weighted by molar-refractivity contribution is 8.18. The number of aliphatic hydroxyl groups is 1. The Balaban J connectivity index is 1.43. The Morgan fingerprint density at radius 2 is 2.11 bits per heavy atom. The average molecular weight is 408 g/mol. The van der Waals surface area contributed by atoms with Gasteiger partial charge in [0.25, 0.3) is 11.1 Å². The Kier molecular flexibility index (Phi) is 5.02. The minimum Gasteiger partial charge on any atom is -0.454 e. The quantitative estimate of drug-likeness (QED) is 0.712. The Bertz CT molecular complexity index is 843. The summed E-state index contributed by atoms with van der Waals surface area (Å²) in [5, 5.41) is 11.9. The summed E-state index contributed by atoms with van der Waals surface area (Å²) in [6.07, 6.45) is 0.974. The third-order valence-corrected chi connectivity index (χ3v) is 6.35. The number of carbonyl (C=O) groups excluding carboxylic acids is 3. The molecular weight excluding hydrogens is 392 g/mol. The highest BCUT2D eigenvalue weighted by atomic mass is 32.2. The lowest BCUT2D eigenvalue weighted by Gasteiger charge is -2.18. The predicted octanol–water partition coefficient (Wildman–Crippen LogP) is 1.04. The monoisotopic (exact) mass is 408 g/mol. The Morgan fingerprint density at radius 1 is 1.30 bits per heavy atom. The van der Waals surface area contributed by atoms with Crippen LogP contribution in [0.4, 0.5) is 4.79 Å². The summed E-state index contributed by atoms with van der Waals surface area (Å²) in [6.45, 7) is -0.213.